The van der Waals surface area contributed by atoms with Crippen LogP contribution in [0.25, 0.3) is 5.76 Å². The minimum absolute atomic E-state index is 0.114. The van der Waals surface area contributed by atoms with Gasteiger partial charge in [0.1, 0.15) is 34.8 Å². The Morgan fingerprint density at radius 3 is 2.40 bits per heavy atom. The van der Waals surface area contributed by atoms with Crippen LogP contribution >= 0.6 is 0 Å². The summed E-state index contributed by atoms with van der Waals surface area (Å²) in [5.41, 5.74) is 0.956. The molecule has 7 nitrogen and oxygen atoms in total. The number of ketones is 1. The van der Waals surface area contributed by atoms with Crippen molar-refractivity contribution in [2.75, 3.05) is 11.5 Å². The molecule has 1 saturated heterocycles. The molecule has 1 aromatic heterocycles. The zero-order chi connectivity index (χ0) is 25.5. The number of hydrogen-bond acceptors (Lipinski definition) is 6. The van der Waals surface area contributed by atoms with Crippen LogP contribution in [0.3, 0.4) is 0 Å². The Balaban J connectivity index is 1.95. The highest BCUT2D eigenvalue weighted by Crippen LogP contribution is 2.45. The highest BCUT2D eigenvalue weighted by molar-refractivity contribution is 6.51. The van der Waals surface area contributed by atoms with E-state index < -0.39 is 17.7 Å². The lowest BCUT2D eigenvalue weighted by Crippen LogP contribution is -2.29. The molecular weight excluding hydrogens is 446 g/mol. The van der Waals surface area contributed by atoms with Gasteiger partial charge in [-0.15, -0.1) is 0 Å². The fourth-order valence-corrected chi connectivity index (χ4v) is 4.32. The SMILES string of the molecule is CCOc1ccc(/C(O)=C2/C(=O)C(=O)N(c3ccccc3O)C2c2ccc(C)o2)cc1C(C)(C)C. The number of ether oxygens (including phenoxy) is 1. The van der Waals surface area contributed by atoms with E-state index in [0.29, 0.717) is 29.4 Å². The lowest BCUT2D eigenvalue weighted by molar-refractivity contribution is -0.132. The molecule has 0 radical (unpaired) electrons. The van der Waals surface area contributed by atoms with Gasteiger partial charge in [-0.3, -0.25) is 14.5 Å². The Bertz CT molecular complexity index is 1330. The summed E-state index contributed by atoms with van der Waals surface area (Å²) in [4.78, 5) is 27.7. The van der Waals surface area contributed by atoms with Crippen molar-refractivity contribution in [3.8, 4) is 11.5 Å². The van der Waals surface area contributed by atoms with Crippen molar-refractivity contribution in [3.63, 3.8) is 0 Å². The number of furan rings is 1. The highest BCUT2D eigenvalue weighted by atomic mass is 16.5. The maximum atomic E-state index is 13.3. The normalized spacial score (nSPS) is 17.7. The van der Waals surface area contributed by atoms with Crippen LogP contribution in [0, 0.1) is 6.92 Å². The molecule has 3 aromatic rings. The molecule has 1 amide bonds. The topological polar surface area (TPSA) is 100 Å². The molecule has 4 rings (SSSR count). The number of aliphatic hydroxyl groups excluding tert-OH is 1. The number of nitrogens with zero attached hydrogens (tertiary/aromatic N) is 1. The number of para-hydroxylation sites is 2. The quantitative estimate of drug-likeness (QED) is 0.282. The second kappa shape index (κ2) is 8.98. The van der Waals surface area contributed by atoms with Crippen LogP contribution < -0.4 is 9.64 Å². The summed E-state index contributed by atoms with van der Waals surface area (Å²) in [5, 5.41) is 21.9. The Labute approximate surface area is 204 Å². The third kappa shape index (κ3) is 4.30. The van der Waals surface area contributed by atoms with Gasteiger partial charge in [0.2, 0.25) is 0 Å². The van der Waals surface area contributed by atoms with Crippen LogP contribution in [0.15, 0.2) is 64.6 Å². The average molecular weight is 476 g/mol. The standard InChI is InChI=1S/C28H29NO6/c1-6-34-21-14-12-17(15-18(21)28(3,4)5)25(31)23-24(22-13-11-16(2)35-22)29(27(33)26(23)32)19-9-7-8-10-20(19)30/h7-15,24,30-31H,6H2,1-5H3/b25-23-. The number of carbonyl (C=O) groups is 2. The van der Waals surface area contributed by atoms with Crippen LogP contribution in [0.4, 0.5) is 5.69 Å². The van der Waals surface area contributed by atoms with E-state index in [4.69, 9.17) is 9.15 Å². The number of anilines is 1. The number of rotatable bonds is 5. The van der Waals surface area contributed by atoms with Crippen molar-refractivity contribution in [1.82, 2.24) is 0 Å². The monoisotopic (exact) mass is 475 g/mol. The third-order valence-corrected chi connectivity index (χ3v) is 5.98. The number of phenolic OH excluding ortho intramolecular Hbond substituents is 1. The predicted molar refractivity (Wildman–Crippen MR) is 133 cm³/mol. The lowest BCUT2D eigenvalue weighted by atomic mass is 9.84. The first-order chi connectivity index (χ1) is 16.5. The third-order valence-electron chi connectivity index (χ3n) is 5.98. The van der Waals surface area contributed by atoms with Gasteiger partial charge in [-0.1, -0.05) is 32.9 Å². The van der Waals surface area contributed by atoms with Crippen molar-refractivity contribution in [2.24, 2.45) is 0 Å². The van der Waals surface area contributed by atoms with E-state index in [2.05, 4.69) is 0 Å². The molecule has 182 valence electrons. The van der Waals surface area contributed by atoms with E-state index in [1.807, 2.05) is 27.7 Å². The first kappa shape index (κ1) is 24.1. The number of aryl methyl sites for hydroxylation is 1. The molecule has 35 heavy (non-hydrogen) atoms. The summed E-state index contributed by atoms with van der Waals surface area (Å²) in [6, 6.07) is 13.8. The molecule has 1 aliphatic heterocycles. The van der Waals surface area contributed by atoms with Crippen molar-refractivity contribution in [1.29, 1.82) is 0 Å². The van der Waals surface area contributed by atoms with Crippen LogP contribution in [0.1, 0.15) is 56.4 Å². The van der Waals surface area contributed by atoms with E-state index in [0.717, 1.165) is 5.56 Å². The second-order valence-electron chi connectivity index (χ2n) is 9.50. The summed E-state index contributed by atoms with van der Waals surface area (Å²) in [5.74, 6) is -0.658. The highest BCUT2D eigenvalue weighted by Gasteiger charge is 2.49. The van der Waals surface area contributed by atoms with Gasteiger partial charge in [0.05, 0.1) is 17.9 Å². The van der Waals surface area contributed by atoms with E-state index >= 15 is 0 Å². The smallest absolute Gasteiger partial charge is 0.300 e. The summed E-state index contributed by atoms with van der Waals surface area (Å²) in [6.45, 7) is 10.2. The maximum absolute atomic E-state index is 13.3. The number of carbonyl (C=O) groups excluding carboxylic acids is 2. The molecule has 7 heteroatoms. The van der Waals surface area contributed by atoms with Crippen molar-refractivity contribution in [3.05, 3.63) is 82.8 Å². The van der Waals surface area contributed by atoms with Gasteiger partial charge < -0.3 is 19.4 Å². The molecule has 2 N–H and O–H groups in total. The van der Waals surface area contributed by atoms with Crippen LogP contribution in [-0.4, -0.2) is 28.5 Å². The van der Waals surface area contributed by atoms with E-state index in [1.165, 1.54) is 17.0 Å². The van der Waals surface area contributed by atoms with E-state index in [-0.39, 0.29) is 28.2 Å². The Hall–Kier alpha value is -4.00. The van der Waals surface area contributed by atoms with Gasteiger partial charge in [-0.05, 0) is 61.7 Å². The van der Waals surface area contributed by atoms with Gasteiger partial charge in [0.15, 0.2) is 0 Å². The summed E-state index contributed by atoms with van der Waals surface area (Å²) >= 11 is 0. The lowest BCUT2D eigenvalue weighted by Gasteiger charge is -2.25. The van der Waals surface area contributed by atoms with Crippen molar-refractivity contribution in [2.45, 2.75) is 46.1 Å². The molecule has 0 spiro atoms. The van der Waals surface area contributed by atoms with Crippen LogP contribution in [0.5, 0.6) is 11.5 Å². The molecule has 2 heterocycles. The maximum Gasteiger partial charge on any atom is 0.300 e. The number of benzene rings is 2. The number of amides is 1. The number of aliphatic hydroxyl groups is 1. The first-order valence-corrected chi connectivity index (χ1v) is 11.5. The van der Waals surface area contributed by atoms with E-state index in [1.54, 1.807) is 49.4 Å². The fourth-order valence-electron chi connectivity index (χ4n) is 4.32. The molecule has 1 aliphatic rings. The van der Waals surface area contributed by atoms with Gasteiger partial charge in [-0.2, -0.15) is 0 Å². The number of aromatic hydroxyl groups is 1. The number of Topliss-reactive ketones (excluding diaryl/α,β-unsaturated/α-hetero) is 1. The molecule has 1 fully saturated rings. The summed E-state index contributed by atoms with van der Waals surface area (Å²) < 4.78 is 11.6. The summed E-state index contributed by atoms with van der Waals surface area (Å²) in [6.07, 6.45) is 0. The van der Waals surface area contributed by atoms with E-state index in [9.17, 15) is 19.8 Å². The molecule has 1 unspecified atom stereocenters. The van der Waals surface area contributed by atoms with Gasteiger partial charge >= 0.3 is 0 Å². The minimum atomic E-state index is -1.05. The van der Waals surface area contributed by atoms with Crippen LogP contribution in [0.2, 0.25) is 0 Å². The Kier molecular flexibility index (Phi) is 6.19. The number of phenols is 1. The predicted octanol–water partition coefficient (Wildman–Crippen LogP) is 5.62. The van der Waals surface area contributed by atoms with Crippen LogP contribution in [-0.2, 0) is 15.0 Å². The fraction of sp³-hybridized carbons (Fsp3) is 0.286. The van der Waals surface area contributed by atoms with Crippen molar-refractivity contribution >= 4 is 23.1 Å². The van der Waals surface area contributed by atoms with Gasteiger partial charge in [-0.25, -0.2) is 0 Å². The average Bonchev–Trinajstić information content (AvgIpc) is 3.34. The van der Waals surface area contributed by atoms with Gasteiger partial charge in [0, 0.05) is 11.1 Å². The summed E-state index contributed by atoms with van der Waals surface area (Å²) in [7, 11) is 0. The Morgan fingerprint density at radius 1 is 1.09 bits per heavy atom. The minimum Gasteiger partial charge on any atom is -0.507 e. The Morgan fingerprint density at radius 2 is 1.80 bits per heavy atom. The molecular formula is C28H29NO6. The first-order valence-electron chi connectivity index (χ1n) is 11.5. The zero-order valence-electron chi connectivity index (χ0n) is 20.5. The largest absolute Gasteiger partial charge is 0.507 e. The molecule has 0 saturated carbocycles. The molecule has 0 bridgehead atoms. The molecule has 2 aromatic carbocycles. The molecule has 0 aliphatic carbocycles. The zero-order valence-corrected chi connectivity index (χ0v) is 20.5. The van der Waals surface area contributed by atoms with Crippen molar-refractivity contribution < 1.29 is 29.0 Å². The molecule has 1 atom stereocenters. The van der Waals surface area contributed by atoms with Gasteiger partial charge in [0.25, 0.3) is 11.7 Å². The number of hydrogen-bond donors (Lipinski definition) is 2. The second-order valence-corrected chi connectivity index (χ2v) is 9.50.